The highest BCUT2D eigenvalue weighted by molar-refractivity contribution is 7.91. The highest BCUT2D eigenvalue weighted by Gasteiger charge is 2.31. The molecule has 1 aromatic carbocycles. The Bertz CT molecular complexity index is 1970. The normalized spacial score (nSPS) is 13.8. The fourth-order valence-electron chi connectivity index (χ4n) is 4.82. The number of hydrogen-bond donors (Lipinski definition) is 2. The molecule has 3 aromatic rings. The van der Waals surface area contributed by atoms with E-state index in [1.54, 1.807) is 48.4 Å². The van der Waals surface area contributed by atoms with Gasteiger partial charge in [0.2, 0.25) is 10.0 Å². The lowest BCUT2D eigenvalue weighted by atomic mass is 9.98. The van der Waals surface area contributed by atoms with E-state index in [1.165, 1.54) is 0 Å². The zero-order valence-corrected chi connectivity index (χ0v) is 23.2. The molecule has 216 valence electrons. The Labute approximate surface area is 238 Å². The van der Waals surface area contributed by atoms with Crippen LogP contribution >= 0.6 is 0 Å². The van der Waals surface area contributed by atoms with Crippen molar-refractivity contribution in [3.8, 4) is 22.5 Å². The van der Waals surface area contributed by atoms with Crippen LogP contribution in [0.3, 0.4) is 0 Å². The van der Waals surface area contributed by atoms with Crippen LogP contribution in [0.2, 0.25) is 0 Å². The Morgan fingerprint density at radius 2 is 1.90 bits per heavy atom. The van der Waals surface area contributed by atoms with Crippen LogP contribution in [0, 0.1) is 6.92 Å². The zero-order chi connectivity index (χ0) is 29.6. The number of rotatable bonds is 6. The number of halogens is 3. The Balaban J connectivity index is 1.35. The number of nitrogens with one attached hydrogen (secondary N) is 2. The van der Waals surface area contributed by atoms with Crippen molar-refractivity contribution in [2.24, 2.45) is 12.0 Å². The van der Waals surface area contributed by atoms with Crippen LogP contribution in [0.25, 0.3) is 22.5 Å². The molecule has 11 nitrogen and oxygen atoms in total. The third-order valence-corrected chi connectivity index (χ3v) is 8.01. The molecular weight excluding hydrogens is 571 g/mol. The summed E-state index contributed by atoms with van der Waals surface area (Å²) in [6.45, 7) is 3.22. The topological polar surface area (TPSA) is 132 Å². The van der Waals surface area contributed by atoms with Crippen LogP contribution in [0.4, 0.5) is 30.5 Å². The number of aryl methyl sites for hydroxylation is 2. The summed E-state index contributed by atoms with van der Waals surface area (Å²) in [6, 6.07) is 10.3. The molecule has 2 aromatic heterocycles. The van der Waals surface area contributed by atoms with E-state index in [0.717, 1.165) is 46.4 Å². The molecule has 0 spiro atoms. The van der Waals surface area contributed by atoms with Gasteiger partial charge in [-0.05, 0) is 48.4 Å². The van der Waals surface area contributed by atoms with E-state index < -0.39 is 27.5 Å². The van der Waals surface area contributed by atoms with Crippen LogP contribution in [0.1, 0.15) is 16.8 Å². The number of sulfonamides is 1. The lowest BCUT2D eigenvalue weighted by Gasteiger charge is -2.19. The molecule has 6 rings (SSSR count). The minimum Gasteiger partial charge on any atom is -0.369 e. The largest absolute Gasteiger partial charge is 0.416 e. The molecule has 0 bridgehead atoms. The summed E-state index contributed by atoms with van der Waals surface area (Å²) < 4.78 is 71.2. The lowest BCUT2D eigenvalue weighted by Crippen LogP contribution is -2.18. The van der Waals surface area contributed by atoms with Crippen LogP contribution in [0.5, 0.6) is 0 Å². The van der Waals surface area contributed by atoms with E-state index in [-0.39, 0.29) is 11.4 Å². The number of alkyl halides is 3. The molecular formula is C27H24F3N9O2S. The Hall–Kier alpha value is -4.79. The summed E-state index contributed by atoms with van der Waals surface area (Å²) in [5, 5.41) is 7.51. The van der Waals surface area contributed by atoms with Crippen LogP contribution in [0.15, 0.2) is 66.0 Å². The smallest absolute Gasteiger partial charge is 0.369 e. The molecule has 42 heavy (non-hydrogen) atoms. The van der Waals surface area contributed by atoms with Crippen LogP contribution < -0.4 is 15.7 Å². The summed E-state index contributed by atoms with van der Waals surface area (Å²) in [5.41, 5.74) is 2.61. The monoisotopic (exact) mass is 595 g/mol. The van der Waals surface area contributed by atoms with Gasteiger partial charge in [0.15, 0.2) is 5.82 Å². The first-order valence-corrected chi connectivity index (χ1v) is 14.4. The second kappa shape index (κ2) is 10.2. The minimum absolute atomic E-state index is 0.216. The summed E-state index contributed by atoms with van der Waals surface area (Å²) in [6.07, 6.45) is -0.326. The van der Waals surface area contributed by atoms with Crippen molar-refractivity contribution in [2.75, 3.05) is 16.6 Å². The Kier molecular flexibility index (Phi) is 6.68. The number of anilines is 2. The summed E-state index contributed by atoms with van der Waals surface area (Å²) in [7, 11) is -2.30. The van der Waals surface area contributed by atoms with Gasteiger partial charge in [0, 0.05) is 55.4 Å². The maximum atomic E-state index is 13.1. The first-order chi connectivity index (χ1) is 20.0. The molecule has 0 saturated carbocycles. The predicted molar refractivity (Wildman–Crippen MR) is 149 cm³/mol. The van der Waals surface area contributed by atoms with Gasteiger partial charge in [-0.25, -0.2) is 13.4 Å². The average molecular weight is 596 g/mol. The van der Waals surface area contributed by atoms with Gasteiger partial charge in [-0.3, -0.25) is 14.4 Å². The SMILES string of the molecule is Cc1ccc(NS(=O)(=O)Cc2cc(C(F)(F)F)ccn2)cc1-c1cc2cn/c(=N\c3ccnn3C)nc-2n2c1NCC2. The highest BCUT2D eigenvalue weighted by Crippen LogP contribution is 2.39. The van der Waals surface area contributed by atoms with Crippen molar-refractivity contribution in [1.82, 2.24) is 29.3 Å². The van der Waals surface area contributed by atoms with E-state index >= 15 is 0 Å². The summed E-state index contributed by atoms with van der Waals surface area (Å²) in [5.74, 6) is 1.40. The summed E-state index contributed by atoms with van der Waals surface area (Å²) >= 11 is 0. The Morgan fingerprint density at radius 3 is 2.67 bits per heavy atom. The van der Waals surface area contributed by atoms with Gasteiger partial charge < -0.3 is 9.88 Å². The minimum atomic E-state index is -4.60. The fraction of sp³-hybridized carbons (Fsp3) is 0.222. The molecule has 0 fully saturated rings. The van der Waals surface area contributed by atoms with Gasteiger partial charge in [-0.15, -0.1) is 0 Å². The molecule has 15 heteroatoms. The third kappa shape index (κ3) is 5.42. The van der Waals surface area contributed by atoms with Crippen molar-refractivity contribution in [2.45, 2.75) is 25.4 Å². The van der Waals surface area contributed by atoms with Gasteiger partial charge in [-0.1, -0.05) is 6.07 Å². The number of nitrogens with zero attached hydrogens (tertiary/aromatic N) is 7. The second-order valence-electron chi connectivity index (χ2n) is 9.78. The van der Waals surface area contributed by atoms with E-state index in [9.17, 15) is 21.6 Å². The van der Waals surface area contributed by atoms with E-state index in [0.29, 0.717) is 30.3 Å². The third-order valence-electron chi connectivity index (χ3n) is 6.78. The molecule has 0 unspecified atom stereocenters. The van der Waals surface area contributed by atoms with E-state index in [4.69, 9.17) is 0 Å². The zero-order valence-electron chi connectivity index (χ0n) is 22.4. The molecule has 0 radical (unpaired) electrons. The molecule has 0 atom stereocenters. The van der Waals surface area contributed by atoms with Gasteiger partial charge in [-0.2, -0.15) is 28.2 Å². The maximum Gasteiger partial charge on any atom is 0.416 e. The molecule has 2 N–H and O–H groups in total. The second-order valence-corrected chi connectivity index (χ2v) is 11.5. The van der Waals surface area contributed by atoms with Crippen molar-refractivity contribution < 1.29 is 21.6 Å². The number of benzene rings is 1. The molecule has 0 saturated heterocycles. The first-order valence-electron chi connectivity index (χ1n) is 12.8. The molecule has 5 heterocycles. The van der Waals surface area contributed by atoms with Gasteiger partial charge >= 0.3 is 6.18 Å². The van der Waals surface area contributed by atoms with Gasteiger partial charge in [0.05, 0.1) is 17.5 Å². The molecule has 3 aliphatic heterocycles. The average Bonchev–Trinajstić information content (AvgIpc) is 3.58. The van der Waals surface area contributed by atoms with Crippen LogP contribution in [-0.2, 0) is 35.5 Å². The fourth-order valence-corrected chi connectivity index (χ4v) is 5.92. The van der Waals surface area contributed by atoms with Crippen molar-refractivity contribution >= 4 is 27.3 Å². The maximum absolute atomic E-state index is 13.1. The standard InChI is InChI=1S/C27H24F3N9O2S/c1-16-3-4-19(37-42(40,41)15-20-12-18(5-7-31-20)27(28,29)30)13-21(16)22-11-17-14-33-26(35-23-6-8-34-38(23)2)36-24(17)39-10-9-32-25(22)39/h3-8,11-14,32,37H,9-10,15H2,1-2H3/b35-26+. The van der Waals surface area contributed by atoms with Crippen molar-refractivity contribution in [3.05, 3.63) is 83.5 Å². The highest BCUT2D eigenvalue weighted by atomic mass is 32.2. The van der Waals surface area contributed by atoms with Crippen molar-refractivity contribution in [1.29, 1.82) is 0 Å². The van der Waals surface area contributed by atoms with Crippen LogP contribution in [-0.4, -0.2) is 44.3 Å². The Morgan fingerprint density at radius 1 is 1.07 bits per heavy atom. The number of hydrogen-bond acceptors (Lipinski definition) is 8. The van der Waals surface area contributed by atoms with Crippen molar-refractivity contribution in [3.63, 3.8) is 0 Å². The first kappa shape index (κ1) is 27.4. The van der Waals surface area contributed by atoms with E-state index in [2.05, 4.69) is 35.1 Å². The van der Waals surface area contributed by atoms with Gasteiger partial charge in [0.25, 0.3) is 5.62 Å². The van der Waals surface area contributed by atoms with E-state index in [1.807, 2.05) is 17.6 Å². The number of fused-ring (bicyclic) bond motifs is 3. The predicted octanol–water partition coefficient (Wildman–Crippen LogP) is 4.11. The van der Waals surface area contributed by atoms with Gasteiger partial charge in [0.1, 0.15) is 17.4 Å². The number of aromatic nitrogens is 6. The number of pyridine rings is 2. The molecule has 0 aliphatic carbocycles. The molecule has 3 aliphatic rings. The summed E-state index contributed by atoms with van der Waals surface area (Å²) in [4.78, 5) is 17.4. The lowest BCUT2D eigenvalue weighted by molar-refractivity contribution is -0.137. The quantitative estimate of drug-likeness (QED) is 0.302. The molecule has 0 amide bonds.